The van der Waals surface area contributed by atoms with E-state index in [1.807, 2.05) is 24.3 Å². The van der Waals surface area contributed by atoms with Crippen molar-refractivity contribution in [3.8, 4) is 0 Å². The van der Waals surface area contributed by atoms with Crippen molar-refractivity contribution in [2.75, 3.05) is 5.32 Å². The predicted octanol–water partition coefficient (Wildman–Crippen LogP) is 3.74. The molecule has 2 aromatic heterocycles. The molecular weight excluding hydrogens is 400 g/mol. The SMILES string of the molecule is Cn1cnnc1Sc1ccc(C(=O)Nc2nc3ccccc3s2)cc1[N+](=O)[O-]. The smallest absolute Gasteiger partial charge is 0.284 e. The Morgan fingerprint density at radius 3 is 2.82 bits per heavy atom. The fraction of sp³-hybridized carbons (Fsp3) is 0.0588. The van der Waals surface area contributed by atoms with Gasteiger partial charge in [-0.2, -0.15) is 0 Å². The zero-order valence-electron chi connectivity index (χ0n) is 14.4. The zero-order chi connectivity index (χ0) is 19.7. The number of rotatable bonds is 5. The maximum atomic E-state index is 12.5. The van der Waals surface area contributed by atoms with Gasteiger partial charge in [-0.25, -0.2) is 4.98 Å². The molecule has 1 N–H and O–H groups in total. The monoisotopic (exact) mass is 412 g/mol. The molecule has 1 amide bonds. The van der Waals surface area contributed by atoms with Crippen LogP contribution in [0.1, 0.15) is 10.4 Å². The highest BCUT2D eigenvalue weighted by Crippen LogP contribution is 2.34. The molecular formula is C17H12N6O3S2. The molecule has 4 rings (SSSR count). The number of anilines is 1. The van der Waals surface area contributed by atoms with E-state index in [9.17, 15) is 14.9 Å². The first-order chi connectivity index (χ1) is 13.5. The first kappa shape index (κ1) is 18.1. The lowest BCUT2D eigenvalue weighted by Crippen LogP contribution is -2.12. The van der Waals surface area contributed by atoms with E-state index in [4.69, 9.17) is 0 Å². The number of thiazole rings is 1. The standard InChI is InChI=1S/C17H12N6O3S2/c1-22-9-18-21-17(22)28-14-7-6-10(8-12(14)23(25)26)15(24)20-16-19-11-4-2-3-5-13(11)27-16/h2-9H,1H3,(H,19,20,24). The van der Waals surface area contributed by atoms with Gasteiger partial charge < -0.3 is 4.57 Å². The first-order valence-corrected chi connectivity index (χ1v) is 9.62. The van der Waals surface area contributed by atoms with Gasteiger partial charge in [0.05, 0.1) is 20.0 Å². The van der Waals surface area contributed by atoms with Gasteiger partial charge in [-0.1, -0.05) is 23.5 Å². The number of hydrogen-bond donors (Lipinski definition) is 1. The van der Waals surface area contributed by atoms with Gasteiger partial charge >= 0.3 is 0 Å². The summed E-state index contributed by atoms with van der Waals surface area (Å²) in [5, 5.41) is 22.8. The normalized spacial score (nSPS) is 10.9. The molecule has 0 atom stereocenters. The molecule has 0 bridgehead atoms. The summed E-state index contributed by atoms with van der Waals surface area (Å²) in [5.74, 6) is -0.461. The summed E-state index contributed by atoms with van der Waals surface area (Å²) in [7, 11) is 1.74. The Morgan fingerprint density at radius 1 is 1.29 bits per heavy atom. The van der Waals surface area contributed by atoms with Gasteiger partial charge in [0.1, 0.15) is 6.33 Å². The van der Waals surface area contributed by atoms with Crippen molar-refractivity contribution in [2.45, 2.75) is 10.1 Å². The summed E-state index contributed by atoms with van der Waals surface area (Å²) in [4.78, 5) is 28.2. The number of para-hydroxylation sites is 1. The van der Waals surface area contributed by atoms with E-state index in [1.54, 1.807) is 11.6 Å². The Morgan fingerprint density at radius 2 is 2.11 bits per heavy atom. The van der Waals surface area contributed by atoms with E-state index in [0.717, 1.165) is 22.0 Å². The van der Waals surface area contributed by atoms with E-state index in [2.05, 4.69) is 20.5 Å². The van der Waals surface area contributed by atoms with E-state index < -0.39 is 10.8 Å². The highest BCUT2D eigenvalue weighted by Gasteiger charge is 2.20. The molecule has 140 valence electrons. The molecule has 2 aromatic carbocycles. The molecule has 2 heterocycles. The molecule has 0 aliphatic rings. The molecule has 28 heavy (non-hydrogen) atoms. The molecule has 11 heteroatoms. The zero-order valence-corrected chi connectivity index (χ0v) is 16.0. The number of carbonyl (C=O) groups is 1. The number of aromatic nitrogens is 4. The van der Waals surface area contributed by atoms with Crippen molar-refractivity contribution in [3.63, 3.8) is 0 Å². The lowest BCUT2D eigenvalue weighted by molar-refractivity contribution is -0.387. The maximum absolute atomic E-state index is 12.5. The summed E-state index contributed by atoms with van der Waals surface area (Å²) >= 11 is 2.45. The van der Waals surface area contributed by atoms with Crippen LogP contribution in [0.4, 0.5) is 10.8 Å². The van der Waals surface area contributed by atoms with Gasteiger partial charge in [0.15, 0.2) is 10.3 Å². The third-order valence-electron chi connectivity index (χ3n) is 3.80. The summed E-state index contributed by atoms with van der Waals surface area (Å²) in [6, 6.07) is 11.8. The van der Waals surface area contributed by atoms with E-state index >= 15 is 0 Å². The Labute approximate surface area is 166 Å². The lowest BCUT2D eigenvalue weighted by atomic mass is 10.2. The second kappa shape index (κ2) is 7.37. The fourth-order valence-corrected chi connectivity index (χ4v) is 4.16. The van der Waals surface area contributed by atoms with Crippen molar-refractivity contribution in [1.29, 1.82) is 0 Å². The molecule has 0 radical (unpaired) electrons. The Bertz CT molecular complexity index is 1170. The lowest BCUT2D eigenvalue weighted by Gasteiger charge is -2.05. The first-order valence-electron chi connectivity index (χ1n) is 7.98. The van der Waals surface area contributed by atoms with Crippen LogP contribution >= 0.6 is 23.1 Å². The molecule has 0 aliphatic heterocycles. The quantitative estimate of drug-likeness (QED) is 0.392. The summed E-state index contributed by atoms with van der Waals surface area (Å²) in [6.45, 7) is 0. The highest BCUT2D eigenvalue weighted by atomic mass is 32.2. The number of aryl methyl sites for hydroxylation is 1. The topological polar surface area (TPSA) is 116 Å². The summed E-state index contributed by atoms with van der Waals surface area (Å²) in [6.07, 6.45) is 1.51. The maximum Gasteiger partial charge on any atom is 0.284 e. The number of nitrogens with zero attached hydrogens (tertiary/aromatic N) is 5. The molecule has 0 spiro atoms. The predicted molar refractivity (Wildman–Crippen MR) is 106 cm³/mol. The molecule has 4 aromatic rings. The number of nitrogens with one attached hydrogen (secondary N) is 1. The molecule has 0 aliphatic carbocycles. The molecule has 0 saturated heterocycles. The average molecular weight is 412 g/mol. The summed E-state index contributed by atoms with van der Waals surface area (Å²) < 4.78 is 2.60. The van der Waals surface area contributed by atoms with Crippen molar-refractivity contribution < 1.29 is 9.72 Å². The fourth-order valence-electron chi connectivity index (χ4n) is 2.45. The number of benzene rings is 2. The van der Waals surface area contributed by atoms with Gasteiger partial charge in [-0.15, -0.1) is 10.2 Å². The van der Waals surface area contributed by atoms with Crippen LogP contribution in [-0.2, 0) is 7.05 Å². The van der Waals surface area contributed by atoms with E-state index in [1.165, 1.54) is 35.9 Å². The Hall–Kier alpha value is -3.31. The number of fused-ring (bicyclic) bond motifs is 1. The van der Waals surface area contributed by atoms with Crippen LogP contribution in [-0.4, -0.2) is 30.6 Å². The van der Waals surface area contributed by atoms with Gasteiger partial charge in [0, 0.05) is 18.7 Å². The number of nitro groups is 1. The number of nitro benzene ring substituents is 1. The third kappa shape index (κ3) is 3.57. The van der Waals surface area contributed by atoms with Crippen LogP contribution in [0.25, 0.3) is 10.2 Å². The van der Waals surface area contributed by atoms with Crippen molar-refractivity contribution in [1.82, 2.24) is 19.7 Å². The minimum Gasteiger partial charge on any atom is -0.311 e. The minimum absolute atomic E-state index is 0.174. The largest absolute Gasteiger partial charge is 0.311 e. The summed E-state index contributed by atoms with van der Waals surface area (Å²) in [5.41, 5.74) is 0.780. The van der Waals surface area contributed by atoms with Crippen LogP contribution in [0.15, 0.2) is 58.8 Å². The van der Waals surface area contributed by atoms with E-state index in [0.29, 0.717) is 15.2 Å². The van der Waals surface area contributed by atoms with Crippen molar-refractivity contribution in [3.05, 3.63) is 64.5 Å². The van der Waals surface area contributed by atoms with Crippen molar-refractivity contribution >= 4 is 50.0 Å². The van der Waals surface area contributed by atoms with Gasteiger partial charge in [0.25, 0.3) is 11.6 Å². The third-order valence-corrected chi connectivity index (χ3v) is 5.87. The second-order valence-electron chi connectivity index (χ2n) is 5.71. The number of amides is 1. The van der Waals surface area contributed by atoms with Crippen LogP contribution in [0.2, 0.25) is 0 Å². The molecule has 0 saturated carbocycles. The van der Waals surface area contributed by atoms with Crippen molar-refractivity contribution in [2.24, 2.45) is 7.05 Å². The minimum atomic E-state index is -0.521. The van der Waals surface area contributed by atoms with Gasteiger partial charge in [-0.3, -0.25) is 20.2 Å². The number of hydrogen-bond acceptors (Lipinski definition) is 8. The van der Waals surface area contributed by atoms with E-state index in [-0.39, 0.29) is 11.3 Å². The Balaban J connectivity index is 1.60. The van der Waals surface area contributed by atoms with Crippen LogP contribution in [0, 0.1) is 10.1 Å². The molecule has 0 fully saturated rings. The second-order valence-corrected chi connectivity index (χ2v) is 7.75. The molecule has 0 unspecified atom stereocenters. The van der Waals surface area contributed by atoms with Crippen LogP contribution in [0.5, 0.6) is 0 Å². The van der Waals surface area contributed by atoms with Gasteiger partial charge in [-0.05, 0) is 36.0 Å². The highest BCUT2D eigenvalue weighted by molar-refractivity contribution is 7.99. The van der Waals surface area contributed by atoms with Crippen LogP contribution in [0.3, 0.4) is 0 Å². The van der Waals surface area contributed by atoms with Crippen LogP contribution < -0.4 is 5.32 Å². The number of carbonyl (C=O) groups excluding carboxylic acids is 1. The average Bonchev–Trinajstić information content (AvgIpc) is 3.27. The Kier molecular flexibility index (Phi) is 4.75. The molecule has 9 nitrogen and oxygen atoms in total. The van der Waals surface area contributed by atoms with Gasteiger partial charge in [0.2, 0.25) is 0 Å².